The van der Waals surface area contributed by atoms with E-state index in [1.807, 2.05) is 0 Å². The van der Waals surface area contributed by atoms with Crippen LogP contribution in [0, 0.1) is 28.6 Å². The monoisotopic (exact) mass is 344 g/mol. The van der Waals surface area contributed by atoms with Crippen LogP contribution in [0.25, 0.3) is 0 Å². The van der Waals surface area contributed by atoms with E-state index in [9.17, 15) is 9.59 Å². The fraction of sp³-hybridized carbons (Fsp3) is 0.727. The summed E-state index contributed by atoms with van der Waals surface area (Å²) >= 11 is 0. The Morgan fingerprint density at radius 3 is 2.60 bits per heavy atom. The summed E-state index contributed by atoms with van der Waals surface area (Å²) in [6, 6.07) is 0. The molecular formula is C22H29FO2. The van der Waals surface area contributed by atoms with Crippen molar-refractivity contribution in [3.8, 4) is 0 Å². The van der Waals surface area contributed by atoms with Crippen molar-refractivity contribution in [2.75, 3.05) is 0 Å². The minimum absolute atomic E-state index is 0.0845. The Hall–Kier alpha value is -1.25. The molecule has 4 rings (SSSR count). The quantitative estimate of drug-likeness (QED) is 0.672. The standard InChI is InChI=1S/C22H29FO2/c1-12-9-17-15-11-19(23)18-10-14(25)5-7-21(18,3)16(15)6-8-22(17,4)20(12)13(2)24/h10,15-17,19H,5-9,11H2,1-4H3/t15-,16+,17+,19+,21-,22+/m1/s1. The Morgan fingerprint density at radius 1 is 1.20 bits per heavy atom. The number of carbonyl (C=O) groups excluding carboxylic acids is 2. The number of halogens is 1. The number of hydrogen-bond acceptors (Lipinski definition) is 2. The molecule has 0 heterocycles. The maximum Gasteiger partial charge on any atom is 0.156 e. The molecule has 0 unspecified atom stereocenters. The first kappa shape index (κ1) is 17.2. The molecule has 2 saturated carbocycles. The number of hydrogen-bond donors (Lipinski definition) is 0. The average Bonchev–Trinajstić information content (AvgIpc) is 2.80. The lowest BCUT2D eigenvalue weighted by Crippen LogP contribution is -2.53. The second kappa shape index (κ2) is 5.37. The van der Waals surface area contributed by atoms with Crippen LogP contribution in [0.2, 0.25) is 0 Å². The third kappa shape index (κ3) is 2.20. The highest BCUT2D eigenvalue weighted by molar-refractivity contribution is 5.96. The predicted molar refractivity (Wildman–Crippen MR) is 95.8 cm³/mol. The molecule has 0 aromatic heterocycles. The number of fused-ring (bicyclic) bond motifs is 5. The smallest absolute Gasteiger partial charge is 0.156 e. The summed E-state index contributed by atoms with van der Waals surface area (Å²) in [5.74, 6) is 1.42. The Kier molecular flexibility index (Phi) is 3.69. The van der Waals surface area contributed by atoms with Crippen LogP contribution in [0.1, 0.15) is 66.2 Å². The molecule has 0 amide bonds. The van der Waals surface area contributed by atoms with Crippen LogP contribution < -0.4 is 0 Å². The van der Waals surface area contributed by atoms with Crippen molar-refractivity contribution >= 4 is 11.6 Å². The van der Waals surface area contributed by atoms with E-state index in [1.54, 1.807) is 13.0 Å². The van der Waals surface area contributed by atoms with E-state index in [2.05, 4.69) is 20.8 Å². The van der Waals surface area contributed by atoms with E-state index in [0.29, 0.717) is 30.6 Å². The van der Waals surface area contributed by atoms with Crippen LogP contribution >= 0.6 is 0 Å². The van der Waals surface area contributed by atoms with Gasteiger partial charge in [0.05, 0.1) is 0 Å². The molecule has 0 aromatic rings. The number of rotatable bonds is 1. The van der Waals surface area contributed by atoms with Gasteiger partial charge in [-0.3, -0.25) is 9.59 Å². The van der Waals surface area contributed by atoms with Gasteiger partial charge in [-0.15, -0.1) is 0 Å². The normalized spacial score (nSPS) is 46.3. The molecule has 25 heavy (non-hydrogen) atoms. The molecule has 6 atom stereocenters. The Bertz CT molecular complexity index is 718. The molecular weight excluding hydrogens is 315 g/mol. The summed E-state index contributed by atoms with van der Waals surface area (Å²) in [7, 11) is 0. The summed E-state index contributed by atoms with van der Waals surface area (Å²) in [5, 5.41) is 0. The average molecular weight is 344 g/mol. The van der Waals surface area contributed by atoms with Gasteiger partial charge in [-0.05, 0) is 91.8 Å². The zero-order valence-electron chi connectivity index (χ0n) is 15.8. The van der Waals surface area contributed by atoms with Crippen LogP contribution in [-0.2, 0) is 9.59 Å². The van der Waals surface area contributed by atoms with Crippen LogP contribution in [0.3, 0.4) is 0 Å². The molecule has 0 aliphatic heterocycles. The molecule has 136 valence electrons. The Balaban J connectivity index is 1.74. The summed E-state index contributed by atoms with van der Waals surface area (Å²) in [5.41, 5.74) is 2.75. The zero-order valence-corrected chi connectivity index (χ0v) is 15.8. The highest BCUT2D eigenvalue weighted by Gasteiger charge is 2.60. The number of allylic oxidation sites excluding steroid dienone is 4. The largest absolute Gasteiger partial charge is 0.295 e. The molecule has 0 radical (unpaired) electrons. The van der Waals surface area contributed by atoms with E-state index in [-0.39, 0.29) is 22.4 Å². The summed E-state index contributed by atoms with van der Waals surface area (Å²) in [4.78, 5) is 24.2. The van der Waals surface area contributed by atoms with Crippen molar-refractivity contribution in [2.24, 2.45) is 28.6 Å². The zero-order chi connectivity index (χ0) is 18.1. The molecule has 0 N–H and O–H groups in total. The first-order valence-electron chi connectivity index (χ1n) is 9.78. The molecule has 3 heteroatoms. The van der Waals surface area contributed by atoms with Gasteiger partial charge in [-0.25, -0.2) is 4.39 Å². The number of ketones is 2. The van der Waals surface area contributed by atoms with E-state index in [4.69, 9.17) is 0 Å². The lowest BCUT2D eigenvalue weighted by molar-refractivity contribution is -0.119. The van der Waals surface area contributed by atoms with Crippen molar-refractivity contribution < 1.29 is 14.0 Å². The van der Waals surface area contributed by atoms with E-state index >= 15 is 4.39 Å². The first-order chi connectivity index (χ1) is 11.7. The number of alkyl halides is 1. The van der Waals surface area contributed by atoms with Crippen LogP contribution in [0.15, 0.2) is 22.8 Å². The van der Waals surface area contributed by atoms with Gasteiger partial charge in [-0.2, -0.15) is 0 Å². The molecule has 2 fully saturated rings. The van der Waals surface area contributed by atoms with Gasteiger partial charge >= 0.3 is 0 Å². The fourth-order valence-electron chi connectivity index (χ4n) is 7.19. The van der Waals surface area contributed by atoms with Crippen LogP contribution in [0.4, 0.5) is 4.39 Å². The van der Waals surface area contributed by atoms with E-state index < -0.39 is 6.17 Å². The molecule has 0 bridgehead atoms. The van der Waals surface area contributed by atoms with Gasteiger partial charge in [0.15, 0.2) is 11.6 Å². The fourth-order valence-corrected chi connectivity index (χ4v) is 7.19. The Labute approximate surface area is 149 Å². The van der Waals surface area contributed by atoms with E-state index in [0.717, 1.165) is 36.8 Å². The number of Topliss-reactive ketones (excluding diaryl/α,β-unsaturated/α-hetero) is 1. The molecule has 0 spiro atoms. The first-order valence-corrected chi connectivity index (χ1v) is 9.78. The second-order valence-corrected chi connectivity index (χ2v) is 9.44. The molecule has 0 saturated heterocycles. The number of carbonyl (C=O) groups is 2. The molecule has 4 aliphatic carbocycles. The van der Waals surface area contributed by atoms with Crippen molar-refractivity contribution in [3.63, 3.8) is 0 Å². The van der Waals surface area contributed by atoms with Crippen molar-refractivity contribution in [2.45, 2.75) is 72.4 Å². The lowest BCUT2D eigenvalue weighted by Gasteiger charge is -2.58. The lowest BCUT2D eigenvalue weighted by atomic mass is 9.46. The van der Waals surface area contributed by atoms with Gasteiger partial charge < -0.3 is 0 Å². The van der Waals surface area contributed by atoms with E-state index in [1.165, 1.54) is 5.57 Å². The minimum Gasteiger partial charge on any atom is -0.295 e. The Morgan fingerprint density at radius 2 is 1.92 bits per heavy atom. The molecule has 2 nitrogen and oxygen atoms in total. The van der Waals surface area contributed by atoms with Crippen molar-refractivity contribution in [1.29, 1.82) is 0 Å². The van der Waals surface area contributed by atoms with Crippen molar-refractivity contribution in [1.82, 2.24) is 0 Å². The van der Waals surface area contributed by atoms with Crippen molar-refractivity contribution in [3.05, 3.63) is 22.8 Å². The SMILES string of the molecule is CC(=O)C1=C(C)C[C@H]2[C@@H]3C[C@H](F)C4=CC(=O)CC[C@]4(C)[C@H]3CC[C@]12C. The van der Waals surface area contributed by atoms with Crippen LogP contribution in [0.5, 0.6) is 0 Å². The summed E-state index contributed by atoms with van der Waals surface area (Å²) in [6.45, 7) is 8.22. The predicted octanol–water partition coefficient (Wildman–Crippen LogP) is 4.98. The minimum atomic E-state index is -1.00. The molecule has 4 aliphatic rings. The maximum absolute atomic E-state index is 15.1. The topological polar surface area (TPSA) is 34.1 Å². The van der Waals surface area contributed by atoms with Gasteiger partial charge in [0, 0.05) is 6.42 Å². The molecule has 0 aromatic carbocycles. The highest BCUT2D eigenvalue weighted by Crippen LogP contribution is 2.66. The summed E-state index contributed by atoms with van der Waals surface area (Å²) in [6.07, 6.45) is 5.47. The summed E-state index contributed by atoms with van der Waals surface area (Å²) < 4.78 is 15.1. The second-order valence-electron chi connectivity index (χ2n) is 9.44. The highest BCUT2D eigenvalue weighted by atomic mass is 19.1. The van der Waals surface area contributed by atoms with Gasteiger partial charge in [0.1, 0.15) is 6.17 Å². The van der Waals surface area contributed by atoms with Crippen LogP contribution in [-0.4, -0.2) is 17.7 Å². The third-order valence-electron chi connectivity index (χ3n) is 8.20. The van der Waals surface area contributed by atoms with Gasteiger partial charge in [-0.1, -0.05) is 19.4 Å². The van der Waals surface area contributed by atoms with Gasteiger partial charge in [0.2, 0.25) is 0 Å². The van der Waals surface area contributed by atoms with Gasteiger partial charge in [0.25, 0.3) is 0 Å². The third-order valence-corrected chi connectivity index (χ3v) is 8.20. The maximum atomic E-state index is 15.1.